The van der Waals surface area contributed by atoms with Crippen LogP contribution in [0.3, 0.4) is 0 Å². The van der Waals surface area contributed by atoms with Gasteiger partial charge in [0.15, 0.2) is 0 Å². The fourth-order valence-corrected chi connectivity index (χ4v) is 3.51. The molecule has 0 radical (unpaired) electrons. The van der Waals surface area contributed by atoms with Gasteiger partial charge in [-0.3, -0.25) is 14.9 Å². The molecule has 2 atom stereocenters. The van der Waals surface area contributed by atoms with Gasteiger partial charge >= 0.3 is 0 Å². The minimum Gasteiger partial charge on any atom is -0.300 e. The number of imide groups is 1. The van der Waals surface area contributed by atoms with Crippen molar-refractivity contribution in [1.29, 1.82) is 0 Å². The summed E-state index contributed by atoms with van der Waals surface area (Å²) < 4.78 is 0. The Morgan fingerprint density at radius 2 is 2.17 bits per heavy atom. The molecule has 102 valence electrons. The van der Waals surface area contributed by atoms with Crippen molar-refractivity contribution < 1.29 is 9.59 Å². The lowest BCUT2D eigenvalue weighted by molar-refractivity contribution is -0.143. The third kappa shape index (κ3) is 2.30. The summed E-state index contributed by atoms with van der Waals surface area (Å²) in [5.41, 5.74) is -0.0975. The first-order valence-electron chi connectivity index (χ1n) is 7.06. The molecule has 2 fully saturated rings. The van der Waals surface area contributed by atoms with E-state index in [-0.39, 0.29) is 23.1 Å². The van der Waals surface area contributed by atoms with Crippen LogP contribution in [-0.2, 0) is 9.59 Å². The average Bonchev–Trinajstić information content (AvgIpc) is 2.68. The van der Waals surface area contributed by atoms with E-state index in [1.54, 1.807) is 0 Å². The molecule has 0 saturated carbocycles. The summed E-state index contributed by atoms with van der Waals surface area (Å²) in [6, 6.07) is 0.492. The van der Waals surface area contributed by atoms with Crippen molar-refractivity contribution in [3.63, 3.8) is 0 Å². The van der Waals surface area contributed by atoms with Gasteiger partial charge in [-0.25, -0.2) is 0 Å². The topological polar surface area (TPSA) is 49.4 Å². The molecule has 2 aliphatic heterocycles. The molecule has 0 aromatic carbocycles. The number of nitrogens with zero attached hydrogens (tertiary/aromatic N) is 1. The van der Waals surface area contributed by atoms with Gasteiger partial charge in [0, 0.05) is 30.3 Å². The second-order valence-electron chi connectivity index (χ2n) is 6.11. The van der Waals surface area contributed by atoms with Crippen LogP contribution in [0.4, 0.5) is 0 Å². The molecule has 2 unspecified atom stereocenters. The van der Waals surface area contributed by atoms with E-state index in [0.717, 1.165) is 32.4 Å². The van der Waals surface area contributed by atoms with Crippen LogP contribution in [0.5, 0.6) is 0 Å². The van der Waals surface area contributed by atoms with Gasteiger partial charge in [-0.05, 0) is 33.2 Å². The molecule has 2 aliphatic rings. The van der Waals surface area contributed by atoms with Gasteiger partial charge in [-0.1, -0.05) is 13.3 Å². The minimum atomic E-state index is -0.0975. The van der Waals surface area contributed by atoms with Gasteiger partial charge in [0.05, 0.1) is 0 Å². The van der Waals surface area contributed by atoms with E-state index < -0.39 is 0 Å². The van der Waals surface area contributed by atoms with Crippen molar-refractivity contribution in [3.05, 3.63) is 0 Å². The molecule has 0 aromatic rings. The fraction of sp³-hybridized carbons (Fsp3) is 0.857. The third-order valence-corrected chi connectivity index (χ3v) is 4.55. The molecule has 0 aromatic heterocycles. The highest BCUT2D eigenvalue weighted by molar-refractivity contribution is 5.99. The number of nitrogens with one attached hydrogen (secondary N) is 1. The van der Waals surface area contributed by atoms with Crippen molar-refractivity contribution in [3.8, 4) is 0 Å². The Bertz CT molecular complexity index is 354. The molecule has 4 heteroatoms. The first-order valence-corrected chi connectivity index (χ1v) is 7.06. The zero-order chi connectivity index (χ0) is 13.3. The van der Waals surface area contributed by atoms with Crippen LogP contribution in [0.1, 0.15) is 46.5 Å². The highest BCUT2D eigenvalue weighted by atomic mass is 16.2. The molecule has 2 rings (SSSR count). The van der Waals surface area contributed by atoms with Crippen LogP contribution in [-0.4, -0.2) is 35.8 Å². The number of hydrogen-bond donors (Lipinski definition) is 1. The molecule has 18 heavy (non-hydrogen) atoms. The Balaban J connectivity index is 2.21. The van der Waals surface area contributed by atoms with E-state index in [9.17, 15) is 9.59 Å². The van der Waals surface area contributed by atoms with E-state index in [4.69, 9.17) is 0 Å². The Hall–Kier alpha value is -0.900. The third-order valence-electron chi connectivity index (χ3n) is 4.55. The molecule has 2 heterocycles. The zero-order valence-electron chi connectivity index (χ0n) is 11.7. The Kier molecular flexibility index (Phi) is 3.76. The van der Waals surface area contributed by atoms with E-state index in [1.807, 2.05) is 0 Å². The largest absolute Gasteiger partial charge is 0.300 e. The standard InChI is InChI=1S/C14H24N2O2/c1-4-5-11-13(18)15-12(17)8-14(11)6-7-16(9-14)10(2)3/h10-11H,4-9H2,1-3H3,(H,15,17,18). The minimum absolute atomic E-state index is 0.0175. The average molecular weight is 252 g/mol. The molecule has 2 amide bonds. The van der Waals surface area contributed by atoms with E-state index >= 15 is 0 Å². The van der Waals surface area contributed by atoms with Gasteiger partial charge in [-0.15, -0.1) is 0 Å². The molecule has 4 nitrogen and oxygen atoms in total. The molecular weight excluding hydrogens is 228 g/mol. The SMILES string of the molecule is CCCC1C(=O)NC(=O)CC12CCN(C(C)C)C2. The van der Waals surface area contributed by atoms with Crippen LogP contribution >= 0.6 is 0 Å². The van der Waals surface area contributed by atoms with Gasteiger partial charge in [0.25, 0.3) is 0 Å². The van der Waals surface area contributed by atoms with Gasteiger partial charge < -0.3 is 4.90 Å². The maximum Gasteiger partial charge on any atom is 0.230 e. The smallest absolute Gasteiger partial charge is 0.230 e. The van der Waals surface area contributed by atoms with Gasteiger partial charge in [-0.2, -0.15) is 0 Å². The first-order chi connectivity index (χ1) is 8.48. The summed E-state index contributed by atoms with van der Waals surface area (Å²) in [7, 11) is 0. The number of amides is 2. The summed E-state index contributed by atoms with van der Waals surface area (Å²) in [5, 5.41) is 2.51. The summed E-state index contributed by atoms with van der Waals surface area (Å²) in [5.74, 6) is -0.111. The molecule has 0 aliphatic carbocycles. The van der Waals surface area contributed by atoms with E-state index in [2.05, 4.69) is 31.0 Å². The predicted molar refractivity (Wildman–Crippen MR) is 69.9 cm³/mol. The second kappa shape index (κ2) is 5.00. The summed E-state index contributed by atoms with van der Waals surface area (Å²) >= 11 is 0. The highest BCUT2D eigenvalue weighted by Crippen LogP contribution is 2.45. The number of hydrogen-bond acceptors (Lipinski definition) is 3. The summed E-state index contributed by atoms with van der Waals surface area (Å²) in [4.78, 5) is 26.2. The number of piperidine rings is 1. The number of rotatable bonds is 3. The van der Waals surface area contributed by atoms with Crippen LogP contribution in [0, 0.1) is 11.3 Å². The highest BCUT2D eigenvalue weighted by Gasteiger charge is 2.51. The monoisotopic (exact) mass is 252 g/mol. The Labute approximate surface area is 109 Å². The van der Waals surface area contributed by atoms with Crippen molar-refractivity contribution in [2.75, 3.05) is 13.1 Å². The number of carbonyl (C=O) groups excluding carboxylic acids is 2. The van der Waals surface area contributed by atoms with Gasteiger partial charge in [0.1, 0.15) is 0 Å². The summed E-state index contributed by atoms with van der Waals surface area (Å²) in [6.45, 7) is 8.37. The zero-order valence-corrected chi connectivity index (χ0v) is 11.7. The van der Waals surface area contributed by atoms with Crippen molar-refractivity contribution >= 4 is 11.8 Å². The Morgan fingerprint density at radius 3 is 2.72 bits per heavy atom. The second-order valence-corrected chi connectivity index (χ2v) is 6.11. The Morgan fingerprint density at radius 1 is 1.44 bits per heavy atom. The van der Waals surface area contributed by atoms with Crippen LogP contribution in [0.15, 0.2) is 0 Å². The summed E-state index contributed by atoms with van der Waals surface area (Å²) in [6.07, 6.45) is 3.39. The van der Waals surface area contributed by atoms with Crippen molar-refractivity contribution in [2.24, 2.45) is 11.3 Å². The van der Waals surface area contributed by atoms with Crippen molar-refractivity contribution in [1.82, 2.24) is 10.2 Å². The number of likely N-dealkylation sites (tertiary alicyclic amines) is 1. The maximum atomic E-state index is 12.1. The lowest BCUT2D eigenvalue weighted by Crippen LogP contribution is -2.53. The maximum absolute atomic E-state index is 12.1. The lowest BCUT2D eigenvalue weighted by atomic mass is 9.67. The quantitative estimate of drug-likeness (QED) is 0.775. The van der Waals surface area contributed by atoms with Crippen LogP contribution < -0.4 is 5.32 Å². The lowest BCUT2D eigenvalue weighted by Gasteiger charge is -2.40. The molecule has 2 saturated heterocycles. The van der Waals surface area contributed by atoms with E-state index in [0.29, 0.717) is 12.5 Å². The van der Waals surface area contributed by atoms with Crippen LogP contribution in [0.25, 0.3) is 0 Å². The van der Waals surface area contributed by atoms with Gasteiger partial charge in [0.2, 0.25) is 11.8 Å². The molecule has 1 N–H and O–H groups in total. The molecule has 0 bridgehead atoms. The first kappa shape index (κ1) is 13.5. The number of carbonyl (C=O) groups is 2. The molecule has 1 spiro atoms. The van der Waals surface area contributed by atoms with Crippen molar-refractivity contribution in [2.45, 2.75) is 52.5 Å². The van der Waals surface area contributed by atoms with E-state index in [1.165, 1.54) is 0 Å². The normalized spacial score (nSPS) is 33.4. The predicted octanol–water partition coefficient (Wildman–Crippen LogP) is 1.55. The van der Waals surface area contributed by atoms with Crippen LogP contribution in [0.2, 0.25) is 0 Å². The molecular formula is C14H24N2O2. The fourth-order valence-electron chi connectivity index (χ4n) is 3.51.